The second kappa shape index (κ2) is 6.16. The summed E-state index contributed by atoms with van der Waals surface area (Å²) in [5.41, 5.74) is 0.961. The SMILES string of the molecule is Cc1cc(N2CCC[C@@]3(CN(C)C(=O)O3)C2)nc(-c2ccccc2O)n1. The van der Waals surface area contributed by atoms with Crippen molar-refractivity contribution in [3.05, 3.63) is 36.0 Å². The van der Waals surface area contributed by atoms with Gasteiger partial charge in [0.1, 0.15) is 17.2 Å². The molecular formula is C19H22N4O3. The Hall–Kier alpha value is -2.83. The third-order valence-electron chi connectivity index (χ3n) is 4.99. The van der Waals surface area contributed by atoms with E-state index in [0.29, 0.717) is 24.5 Å². The summed E-state index contributed by atoms with van der Waals surface area (Å²) >= 11 is 0. The molecule has 0 bridgehead atoms. The molecule has 0 saturated carbocycles. The number of amides is 1. The second-order valence-electron chi connectivity index (χ2n) is 7.14. The van der Waals surface area contributed by atoms with E-state index in [2.05, 4.69) is 14.9 Å². The van der Waals surface area contributed by atoms with E-state index in [1.807, 2.05) is 19.1 Å². The van der Waals surface area contributed by atoms with E-state index in [9.17, 15) is 9.90 Å². The number of carbonyl (C=O) groups is 1. The van der Waals surface area contributed by atoms with Crippen molar-refractivity contribution in [3.8, 4) is 17.1 Å². The number of likely N-dealkylation sites (N-methyl/N-ethyl adjacent to an activating group) is 1. The molecule has 7 heteroatoms. The lowest BCUT2D eigenvalue weighted by Crippen LogP contribution is -2.51. The van der Waals surface area contributed by atoms with Crippen LogP contribution in [0.25, 0.3) is 11.4 Å². The highest BCUT2D eigenvalue weighted by Crippen LogP contribution is 2.34. The zero-order chi connectivity index (χ0) is 18.3. The van der Waals surface area contributed by atoms with Crippen molar-refractivity contribution >= 4 is 11.9 Å². The molecule has 4 rings (SSSR count). The standard InChI is InChI=1S/C19H22N4O3/c1-13-10-16(21-17(20-13)14-6-3-4-7-15(14)24)23-9-5-8-19(12-23)11-22(2)18(25)26-19/h3-4,6-7,10,24H,5,8-9,11-12H2,1-2H3/t19-/m1/s1. The van der Waals surface area contributed by atoms with Gasteiger partial charge in [0.25, 0.3) is 0 Å². The number of aromatic nitrogens is 2. The first-order valence-electron chi connectivity index (χ1n) is 8.79. The van der Waals surface area contributed by atoms with Crippen LogP contribution in [0, 0.1) is 6.92 Å². The molecular weight excluding hydrogens is 332 g/mol. The molecule has 2 aliphatic heterocycles. The van der Waals surface area contributed by atoms with E-state index >= 15 is 0 Å². The number of para-hydroxylation sites is 1. The summed E-state index contributed by atoms with van der Waals surface area (Å²) in [6.45, 7) is 3.97. The molecule has 0 radical (unpaired) electrons. The van der Waals surface area contributed by atoms with E-state index in [1.165, 1.54) is 0 Å². The van der Waals surface area contributed by atoms with Crippen LogP contribution in [0.3, 0.4) is 0 Å². The van der Waals surface area contributed by atoms with Crippen LogP contribution in [0.2, 0.25) is 0 Å². The number of rotatable bonds is 2. The Bertz CT molecular complexity index is 856. The maximum absolute atomic E-state index is 11.9. The van der Waals surface area contributed by atoms with Crippen LogP contribution in [0.4, 0.5) is 10.6 Å². The summed E-state index contributed by atoms with van der Waals surface area (Å²) in [5.74, 6) is 1.45. The van der Waals surface area contributed by atoms with E-state index in [1.54, 1.807) is 30.1 Å². The molecule has 0 unspecified atom stereocenters. The Morgan fingerprint density at radius 3 is 2.77 bits per heavy atom. The largest absolute Gasteiger partial charge is 0.507 e. The Labute approximate surface area is 152 Å². The van der Waals surface area contributed by atoms with Crippen LogP contribution in [0.1, 0.15) is 18.5 Å². The van der Waals surface area contributed by atoms with Gasteiger partial charge in [-0.2, -0.15) is 0 Å². The van der Waals surface area contributed by atoms with Gasteiger partial charge in [-0.05, 0) is 31.9 Å². The average molecular weight is 354 g/mol. The smallest absolute Gasteiger partial charge is 0.410 e. The van der Waals surface area contributed by atoms with Crippen molar-refractivity contribution < 1.29 is 14.6 Å². The number of hydrogen-bond acceptors (Lipinski definition) is 6. The van der Waals surface area contributed by atoms with Gasteiger partial charge in [-0.25, -0.2) is 14.8 Å². The van der Waals surface area contributed by atoms with Gasteiger partial charge in [-0.3, -0.25) is 0 Å². The molecule has 136 valence electrons. The first kappa shape index (κ1) is 16.6. The van der Waals surface area contributed by atoms with Gasteiger partial charge < -0.3 is 19.6 Å². The van der Waals surface area contributed by atoms with Crippen LogP contribution in [-0.2, 0) is 4.74 Å². The summed E-state index contributed by atoms with van der Waals surface area (Å²) < 4.78 is 5.68. The molecule has 1 atom stereocenters. The molecule has 0 aliphatic carbocycles. The van der Waals surface area contributed by atoms with Gasteiger partial charge in [0.2, 0.25) is 0 Å². The topological polar surface area (TPSA) is 78.8 Å². The molecule has 3 heterocycles. The van der Waals surface area contributed by atoms with Gasteiger partial charge in [0.05, 0.1) is 18.7 Å². The molecule has 2 saturated heterocycles. The molecule has 1 spiro atoms. The van der Waals surface area contributed by atoms with Crippen LogP contribution >= 0.6 is 0 Å². The second-order valence-corrected chi connectivity index (χ2v) is 7.14. The molecule has 1 amide bonds. The highest BCUT2D eigenvalue weighted by Gasteiger charge is 2.46. The highest BCUT2D eigenvalue weighted by molar-refractivity contribution is 5.70. The number of phenols is 1. The molecule has 1 aromatic heterocycles. The monoisotopic (exact) mass is 354 g/mol. The fourth-order valence-electron chi connectivity index (χ4n) is 3.80. The van der Waals surface area contributed by atoms with Crippen molar-refractivity contribution in [2.75, 3.05) is 31.6 Å². The number of nitrogens with zero attached hydrogens (tertiary/aromatic N) is 4. The molecule has 2 aromatic rings. The molecule has 1 aromatic carbocycles. The summed E-state index contributed by atoms with van der Waals surface area (Å²) in [5, 5.41) is 10.1. The van der Waals surface area contributed by atoms with Crippen molar-refractivity contribution in [2.24, 2.45) is 0 Å². The first-order chi connectivity index (χ1) is 12.5. The molecule has 26 heavy (non-hydrogen) atoms. The zero-order valence-corrected chi connectivity index (χ0v) is 15.0. The lowest BCUT2D eigenvalue weighted by atomic mass is 9.93. The van der Waals surface area contributed by atoms with E-state index < -0.39 is 5.60 Å². The fourth-order valence-corrected chi connectivity index (χ4v) is 3.80. The third kappa shape index (κ3) is 2.94. The number of piperidine rings is 1. The number of aryl methyl sites for hydroxylation is 1. The first-order valence-corrected chi connectivity index (χ1v) is 8.79. The van der Waals surface area contributed by atoms with Gasteiger partial charge in [-0.1, -0.05) is 12.1 Å². The van der Waals surface area contributed by atoms with E-state index in [4.69, 9.17) is 4.74 Å². The quantitative estimate of drug-likeness (QED) is 0.893. The summed E-state index contributed by atoms with van der Waals surface area (Å²) in [6, 6.07) is 8.99. The van der Waals surface area contributed by atoms with E-state index in [-0.39, 0.29) is 11.8 Å². The number of anilines is 1. The summed E-state index contributed by atoms with van der Waals surface area (Å²) in [7, 11) is 1.77. The predicted octanol–water partition coefficient (Wildman–Crippen LogP) is 2.58. The summed E-state index contributed by atoms with van der Waals surface area (Å²) in [6.07, 6.45) is 1.52. The van der Waals surface area contributed by atoms with Crippen LogP contribution in [-0.4, -0.2) is 58.4 Å². The van der Waals surface area contributed by atoms with Gasteiger partial charge in [0, 0.05) is 25.4 Å². The van der Waals surface area contributed by atoms with Gasteiger partial charge >= 0.3 is 6.09 Å². The maximum atomic E-state index is 11.9. The number of carbonyl (C=O) groups excluding carboxylic acids is 1. The van der Waals surface area contributed by atoms with Crippen LogP contribution in [0.15, 0.2) is 30.3 Å². The molecule has 2 fully saturated rings. The Morgan fingerprint density at radius 2 is 2.04 bits per heavy atom. The van der Waals surface area contributed by atoms with Crippen molar-refractivity contribution in [2.45, 2.75) is 25.4 Å². The number of ether oxygens (including phenoxy) is 1. The predicted molar refractivity (Wildman–Crippen MR) is 97.2 cm³/mol. The van der Waals surface area contributed by atoms with Crippen LogP contribution in [0.5, 0.6) is 5.75 Å². The highest BCUT2D eigenvalue weighted by atomic mass is 16.6. The average Bonchev–Trinajstić information content (AvgIpc) is 2.88. The van der Waals surface area contributed by atoms with Crippen molar-refractivity contribution in [1.82, 2.24) is 14.9 Å². The van der Waals surface area contributed by atoms with E-state index in [0.717, 1.165) is 30.9 Å². The molecule has 2 aliphatic rings. The third-order valence-corrected chi connectivity index (χ3v) is 4.99. The fraction of sp³-hybridized carbons (Fsp3) is 0.421. The summed E-state index contributed by atoms with van der Waals surface area (Å²) in [4.78, 5) is 24.8. The Morgan fingerprint density at radius 1 is 1.23 bits per heavy atom. The van der Waals surface area contributed by atoms with Crippen LogP contribution < -0.4 is 4.90 Å². The lowest BCUT2D eigenvalue weighted by Gasteiger charge is -2.39. The normalized spacial score (nSPS) is 22.8. The molecule has 7 nitrogen and oxygen atoms in total. The minimum absolute atomic E-state index is 0.158. The van der Waals surface area contributed by atoms with Crippen molar-refractivity contribution in [1.29, 1.82) is 0 Å². The minimum Gasteiger partial charge on any atom is -0.507 e. The number of hydrogen-bond donors (Lipinski definition) is 1. The number of phenolic OH excluding ortho intramolecular Hbond substituents is 1. The Balaban J connectivity index is 1.66. The number of benzene rings is 1. The lowest BCUT2D eigenvalue weighted by molar-refractivity contribution is 0.0445. The van der Waals surface area contributed by atoms with Crippen molar-refractivity contribution in [3.63, 3.8) is 0 Å². The zero-order valence-electron chi connectivity index (χ0n) is 15.0. The Kier molecular flexibility index (Phi) is 3.94. The minimum atomic E-state index is -0.474. The maximum Gasteiger partial charge on any atom is 0.410 e. The van der Waals surface area contributed by atoms with Gasteiger partial charge in [0.15, 0.2) is 5.82 Å². The molecule has 1 N–H and O–H groups in total. The van der Waals surface area contributed by atoms with Gasteiger partial charge in [-0.15, -0.1) is 0 Å². The number of aromatic hydroxyl groups is 1.